The fraction of sp³-hybridized carbons (Fsp3) is 0.320. The van der Waals surface area contributed by atoms with Gasteiger partial charge in [0.1, 0.15) is 23.7 Å². The van der Waals surface area contributed by atoms with Crippen LogP contribution in [0.15, 0.2) is 67.0 Å². The van der Waals surface area contributed by atoms with Gasteiger partial charge in [0.15, 0.2) is 0 Å². The molecule has 0 unspecified atom stereocenters. The fourth-order valence-corrected chi connectivity index (χ4v) is 3.67. The predicted octanol–water partition coefficient (Wildman–Crippen LogP) is 4.63. The van der Waals surface area contributed by atoms with E-state index in [2.05, 4.69) is 61.6 Å². The summed E-state index contributed by atoms with van der Waals surface area (Å²) in [5.41, 5.74) is 1.92. The maximum Gasteiger partial charge on any atom is 0.324 e. The van der Waals surface area contributed by atoms with Crippen LogP contribution in [0, 0.1) is 0 Å². The summed E-state index contributed by atoms with van der Waals surface area (Å²) < 4.78 is 5.65. The van der Waals surface area contributed by atoms with Gasteiger partial charge in [-0.1, -0.05) is 31.5 Å². The van der Waals surface area contributed by atoms with Crippen LogP contribution in [-0.4, -0.2) is 48.8 Å². The molecule has 0 saturated carbocycles. The van der Waals surface area contributed by atoms with Gasteiger partial charge in [0.2, 0.25) is 0 Å². The number of ether oxygens (including phenoxy) is 1. The van der Waals surface area contributed by atoms with Crippen LogP contribution in [0.1, 0.15) is 19.8 Å². The van der Waals surface area contributed by atoms with Gasteiger partial charge >= 0.3 is 6.03 Å². The Morgan fingerprint density at radius 1 is 0.939 bits per heavy atom. The van der Waals surface area contributed by atoms with Crippen molar-refractivity contribution in [3.05, 3.63) is 67.0 Å². The number of para-hydroxylation sites is 1. The fourth-order valence-electron chi connectivity index (χ4n) is 3.67. The van der Waals surface area contributed by atoms with Crippen LogP contribution in [0.3, 0.4) is 0 Å². The van der Waals surface area contributed by atoms with E-state index in [9.17, 15) is 4.79 Å². The van der Waals surface area contributed by atoms with Crippen molar-refractivity contribution in [2.45, 2.75) is 19.8 Å². The van der Waals surface area contributed by atoms with Crippen LogP contribution in [0.2, 0.25) is 0 Å². The monoisotopic (exact) mass is 446 g/mol. The topological polar surface area (TPSA) is 82.6 Å². The first kappa shape index (κ1) is 22.4. The molecule has 2 aromatic carbocycles. The van der Waals surface area contributed by atoms with E-state index in [-0.39, 0.29) is 6.03 Å². The number of nitrogens with zero attached hydrogens (tertiary/aromatic N) is 4. The number of benzene rings is 2. The Labute approximate surface area is 194 Å². The van der Waals surface area contributed by atoms with E-state index in [1.807, 2.05) is 36.4 Å². The Hall–Kier alpha value is -3.81. The van der Waals surface area contributed by atoms with E-state index in [4.69, 9.17) is 4.74 Å². The zero-order valence-electron chi connectivity index (χ0n) is 18.9. The number of aromatic nitrogens is 2. The lowest BCUT2D eigenvalue weighted by Gasteiger charge is -2.36. The number of hydrogen-bond acceptors (Lipinski definition) is 6. The highest BCUT2D eigenvalue weighted by Crippen LogP contribution is 2.21. The average molecular weight is 447 g/mol. The Bertz CT molecular complexity index is 1020. The van der Waals surface area contributed by atoms with Crippen LogP contribution in [0.5, 0.6) is 5.75 Å². The molecule has 33 heavy (non-hydrogen) atoms. The van der Waals surface area contributed by atoms with Gasteiger partial charge in [0.05, 0.1) is 6.61 Å². The number of hydrogen-bond donors (Lipinski definition) is 2. The second-order valence-electron chi connectivity index (χ2n) is 7.88. The molecule has 1 fully saturated rings. The van der Waals surface area contributed by atoms with Crippen LogP contribution in [0.25, 0.3) is 0 Å². The SMILES string of the molecule is CCCCOc1ccc(NC(=O)Nc2cc(N3CCN(c4ccccc4)CC3)ncn2)cc1. The first-order valence-corrected chi connectivity index (χ1v) is 11.4. The molecule has 1 aromatic heterocycles. The molecule has 0 bridgehead atoms. The minimum Gasteiger partial charge on any atom is -0.494 e. The third-order valence-corrected chi connectivity index (χ3v) is 5.50. The third-order valence-electron chi connectivity index (χ3n) is 5.50. The summed E-state index contributed by atoms with van der Waals surface area (Å²) >= 11 is 0. The van der Waals surface area contributed by atoms with Crippen molar-refractivity contribution < 1.29 is 9.53 Å². The van der Waals surface area contributed by atoms with E-state index >= 15 is 0 Å². The summed E-state index contributed by atoms with van der Waals surface area (Å²) in [6, 6.07) is 19.2. The molecule has 3 aromatic rings. The first-order valence-electron chi connectivity index (χ1n) is 11.4. The smallest absolute Gasteiger partial charge is 0.324 e. The molecule has 8 nitrogen and oxygen atoms in total. The lowest BCUT2D eigenvalue weighted by molar-refractivity contribution is 0.262. The van der Waals surface area contributed by atoms with Gasteiger partial charge in [-0.3, -0.25) is 5.32 Å². The van der Waals surface area contributed by atoms with Crippen LogP contribution in [-0.2, 0) is 0 Å². The third kappa shape index (κ3) is 6.35. The lowest BCUT2D eigenvalue weighted by atomic mass is 10.2. The number of carbonyl (C=O) groups is 1. The predicted molar refractivity (Wildman–Crippen MR) is 132 cm³/mol. The Morgan fingerprint density at radius 3 is 2.39 bits per heavy atom. The van der Waals surface area contributed by atoms with Crippen molar-refractivity contribution in [3.63, 3.8) is 0 Å². The zero-order valence-corrected chi connectivity index (χ0v) is 18.9. The largest absolute Gasteiger partial charge is 0.494 e. The first-order chi connectivity index (χ1) is 16.2. The molecule has 0 radical (unpaired) electrons. The summed E-state index contributed by atoms with van der Waals surface area (Å²) in [6.45, 7) is 6.35. The molecule has 1 aliphatic heterocycles. The number of carbonyl (C=O) groups excluding carboxylic acids is 1. The molecule has 0 aliphatic carbocycles. The Balaban J connectivity index is 1.29. The minimum absolute atomic E-state index is 0.354. The maximum atomic E-state index is 12.4. The Morgan fingerprint density at radius 2 is 1.67 bits per heavy atom. The molecule has 0 spiro atoms. The molecule has 1 aliphatic rings. The lowest BCUT2D eigenvalue weighted by Crippen LogP contribution is -2.46. The summed E-state index contributed by atoms with van der Waals surface area (Å²) in [4.78, 5) is 25.6. The molecule has 2 heterocycles. The number of amides is 2. The second kappa shape index (κ2) is 11.2. The molecular formula is C25H30N6O2. The van der Waals surface area contributed by atoms with E-state index in [1.54, 1.807) is 0 Å². The van der Waals surface area contributed by atoms with Gasteiger partial charge in [-0.25, -0.2) is 14.8 Å². The highest BCUT2D eigenvalue weighted by atomic mass is 16.5. The standard InChI is InChI=1S/C25H30N6O2/c1-2-3-17-33-22-11-9-20(10-12-22)28-25(32)29-23-18-24(27-19-26-23)31-15-13-30(14-16-31)21-7-5-4-6-8-21/h4-12,18-19H,2-3,13-17H2,1H3,(H2,26,27,28,29,32). The highest BCUT2D eigenvalue weighted by molar-refractivity contribution is 5.99. The van der Waals surface area contributed by atoms with Gasteiger partial charge in [-0.05, 0) is 42.8 Å². The van der Waals surface area contributed by atoms with Crippen molar-refractivity contribution in [1.29, 1.82) is 0 Å². The van der Waals surface area contributed by atoms with E-state index in [1.165, 1.54) is 12.0 Å². The van der Waals surface area contributed by atoms with Crippen molar-refractivity contribution in [3.8, 4) is 5.75 Å². The molecule has 2 N–H and O–H groups in total. The van der Waals surface area contributed by atoms with Crippen LogP contribution < -0.4 is 25.2 Å². The van der Waals surface area contributed by atoms with Gasteiger partial charge in [0.25, 0.3) is 0 Å². The van der Waals surface area contributed by atoms with Crippen LogP contribution >= 0.6 is 0 Å². The van der Waals surface area contributed by atoms with E-state index in [0.717, 1.165) is 50.6 Å². The number of urea groups is 1. The minimum atomic E-state index is -0.354. The number of anilines is 4. The summed E-state index contributed by atoms with van der Waals surface area (Å²) in [5.74, 6) is 2.06. The normalized spacial score (nSPS) is 13.5. The maximum absolute atomic E-state index is 12.4. The van der Waals surface area contributed by atoms with Crippen molar-refractivity contribution in [1.82, 2.24) is 9.97 Å². The summed E-state index contributed by atoms with van der Waals surface area (Å²) in [7, 11) is 0. The molecule has 2 amide bonds. The molecule has 0 atom stereocenters. The van der Waals surface area contributed by atoms with E-state index in [0.29, 0.717) is 18.1 Å². The van der Waals surface area contributed by atoms with Crippen LogP contribution in [0.4, 0.5) is 27.8 Å². The summed E-state index contributed by atoms with van der Waals surface area (Å²) in [5, 5.41) is 5.61. The molecule has 1 saturated heterocycles. The van der Waals surface area contributed by atoms with Gasteiger partial charge in [0, 0.05) is 43.6 Å². The number of unbranched alkanes of at least 4 members (excludes halogenated alkanes) is 1. The highest BCUT2D eigenvalue weighted by Gasteiger charge is 2.19. The number of piperazine rings is 1. The molecule has 172 valence electrons. The van der Waals surface area contributed by atoms with Gasteiger partial charge in [-0.2, -0.15) is 0 Å². The van der Waals surface area contributed by atoms with Gasteiger partial charge < -0.3 is 19.9 Å². The quantitative estimate of drug-likeness (QED) is 0.491. The molecule has 8 heteroatoms. The zero-order chi connectivity index (χ0) is 22.9. The van der Waals surface area contributed by atoms with Crippen molar-refractivity contribution >= 4 is 29.0 Å². The number of nitrogens with one attached hydrogen (secondary N) is 2. The van der Waals surface area contributed by atoms with Crippen molar-refractivity contribution in [2.75, 3.05) is 53.2 Å². The molecule has 4 rings (SSSR count). The van der Waals surface area contributed by atoms with Gasteiger partial charge in [-0.15, -0.1) is 0 Å². The average Bonchev–Trinajstić information content (AvgIpc) is 2.86. The second-order valence-corrected chi connectivity index (χ2v) is 7.88. The molecular weight excluding hydrogens is 416 g/mol. The van der Waals surface area contributed by atoms with E-state index < -0.39 is 0 Å². The summed E-state index contributed by atoms with van der Waals surface area (Å²) in [6.07, 6.45) is 3.59. The Kier molecular flexibility index (Phi) is 7.58. The number of rotatable bonds is 8. The van der Waals surface area contributed by atoms with Crippen molar-refractivity contribution in [2.24, 2.45) is 0 Å².